The van der Waals surface area contributed by atoms with Gasteiger partial charge in [-0.2, -0.15) is 0 Å². The van der Waals surface area contributed by atoms with Gasteiger partial charge in [0.25, 0.3) is 0 Å². The van der Waals surface area contributed by atoms with E-state index in [0.29, 0.717) is 0 Å². The third-order valence-electron chi connectivity index (χ3n) is 2.57. The lowest BCUT2D eigenvalue weighted by Crippen LogP contribution is -2.45. The Labute approximate surface area is 93.4 Å². The average molecular weight is 223 g/mol. The van der Waals surface area contributed by atoms with Gasteiger partial charge in [-0.1, -0.05) is 13.8 Å². The van der Waals surface area contributed by atoms with Crippen LogP contribution in [0.15, 0.2) is 0 Å². The summed E-state index contributed by atoms with van der Waals surface area (Å²) in [4.78, 5) is 35.1. The first-order valence-corrected chi connectivity index (χ1v) is 4.84. The smallest absolute Gasteiger partial charge is 0.327 e. The number of hydrogen-bond donors (Lipinski definition) is 1. The Kier molecular flexibility index (Phi) is 3.04. The number of carboxylic acids is 1. The van der Waals surface area contributed by atoms with E-state index in [2.05, 4.69) is 5.92 Å². The number of hydrogen-bond acceptors (Lipinski definition) is 3. The largest absolute Gasteiger partial charge is 0.480 e. The molecule has 1 saturated heterocycles. The number of likely N-dealkylation sites (tertiary alicyclic amines) is 1. The van der Waals surface area contributed by atoms with Crippen molar-refractivity contribution in [1.82, 2.24) is 4.90 Å². The van der Waals surface area contributed by atoms with Crippen molar-refractivity contribution in [2.75, 3.05) is 0 Å². The van der Waals surface area contributed by atoms with Crippen molar-refractivity contribution >= 4 is 17.8 Å². The fourth-order valence-corrected chi connectivity index (χ4v) is 1.69. The maximum absolute atomic E-state index is 11.8. The molecule has 0 aromatic carbocycles. The molecule has 2 amide bonds. The molecule has 5 nitrogen and oxygen atoms in total. The molecule has 86 valence electrons. The predicted molar refractivity (Wildman–Crippen MR) is 55.1 cm³/mol. The minimum Gasteiger partial charge on any atom is -0.480 e. The van der Waals surface area contributed by atoms with Crippen LogP contribution in [0, 0.1) is 17.8 Å². The van der Waals surface area contributed by atoms with Gasteiger partial charge in [-0.15, -0.1) is 12.3 Å². The zero-order chi connectivity index (χ0) is 12.5. The van der Waals surface area contributed by atoms with Gasteiger partial charge >= 0.3 is 5.97 Å². The molecule has 1 heterocycles. The molecule has 1 N–H and O–H groups in total. The number of carbonyl (C=O) groups excluding carboxylic acids is 2. The van der Waals surface area contributed by atoms with E-state index in [1.165, 1.54) is 0 Å². The van der Waals surface area contributed by atoms with Crippen LogP contribution in [-0.4, -0.2) is 33.8 Å². The first-order valence-electron chi connectivity index (χ1n) is 4.84. The Morgan fingerprint density at radius 2 is 2.19 bits per heavy atom. The number of carboxylic acid groups (broad SMARTS) is 1. The summed E-state index contributed by atoms with van der Waals surface area (Å²) in [6, 6.07) is -1.24. The van der Waals surface area contributed by atoms with Crippen LogP contribution in [0.25, 0.3) is 0 Å². The zero-order valence-corrected chi connectivity index (χ0v) is 9.19. The van der Waals surface area contributed by atoms with E-state index in [4.69, 9.17) is 11.5 Å². The lowest BCUT2D eigenvalue weighted by Gasteiger charge is -2.22. The first kappa shape index (κ1) is 12.2. The van der Waals surface area contributed by atoms with E-state index in [1.54, 1.807) is 13.8 Å². The molecular weight excluding hydrogens is 210 g/mol. The van der Waals surface area contributed by atoms with Crippen molar-refractivity contribution in [2.45, 2.75) is 32.7 Å². The van der Waals surface area contributed by atoms with E-state index >= 15 is 0 Å². The van der Waals surface area contributed by atoms with Crippen molar-refractivity contribution in [3.63, 3.8) is 0 Å². The topological polar surface area (TPSA) is 74.7 Å². The van der Waals surface area contributed by atoms with Crippen LogP contribution < -0.4 is 0 Å². The van der Waals surface area contributed by atoms with Crippen LogP contribution in [0.4, 0.5) is 0 Å². The third-order valence-corrected chi connectivity index (χ3v) is 2.57. The molecule has 1 atom stereocenters. The van der Waals surface area contributed by atoms with Gasteiger partial charge in [-0.3, -0.25) is 14.5 Å². The predicted octanol–water partition coefficient (Wildman–Crippen LogP) is 0.248. The molecule has 0 aliphatic carbocycles. The quantitative estimate of drug-likeness (QED) is 0.549. The Morgan fingerprint density at radius 1 is 1.62 bits per heavy atom. The van der Waals surface area contributed by atoms with Crippen molar-refractivity contribution in [2.24, 2.45) is 5.41 Å². The molecular formula is C11H13NO4. The summed E-state index contributed by atoms with van der Waals surface area (Å²) in [6.07, 6.45) is 4.89. The minimum atomic E-state index is -1.25. The maximum atomic E-state index is 11.8. The number of nitrogens with zero attached hydrogens (tertiary/aromatic N) is 1. The zero-order valence-electron chi connectivity index (χ0n) is 9.19. The molecule has 1 fully saturated rings. The van der Waals surface area contributed by atoms with Gasteiger partial charge < -0.3 is 5.11 Å². The van der Waals surface area contributed by atoms with Gasteiger partial charge in [0.2, 0.25) is 11.8 Å². The summed E-state index contributed by atoms with van der Waals surface area (Å²) in [5.74, 6) is -0.0314. The highest BCUT2D eigenvalue weighted by Gasteiger charge is 2.49. The van der Waals surface area contributed by atoms with Crippen LogP contribution >= 0.6 is 0 Å². The second-order valence-electron chi connectivity index (χ2n) is 4.39. The number of aliphatic carboxylic acids is 1. The lowest BCUT2D eigenvalue weighted by molar-refractivity contribution is -0.155. The molecule has 0 spiro atoms. The van der Waals surface area contributed by atoms with Crippen LogP contribution in [0.2, 0.25) is 0 Å². The molecule has 0 aromatic rings. The van der Waals surface area contributed by atoms with Gasteiger partial charge in [-0.05, 0) is 0 Å². The third kappa shape index (κ3) is 1.91. The van der Waals surface area contributed by atoms with Crippen molar-refractivity contribution in [3.05, 3.63) is 0 Å². The maximum Gasteiger partial charge on any atom is 0.327 e. The Hall–Kier alpha value is -1.83. The fourth-order valence-electron chi connectivity index (χ4n) is 1.69. The summed E-state index contributed by atoms with van der Waals surface area (Å²) in [7, 11) is 0. The Morgan fingerprint density at radius 3 is 2.50 bits per heavy atom. The van der Waals surface area contributed by atoms with E-state index in [-0.39, 0.29) is 12.8 Å². The van der Waals surface area contributed by atoms with Crippen molar-refractivity contribution in [3.8, 4) is 12.3 Å². The Balaban J connectivity index is 3.04. The van der Waals surface area contributed by atoms with Gasteiger partial charge in [-0.25, -0.2) is 4.79 Å². The Bertz CT molecular complexity index is 391. The summed E-state index contributed by atoms with van der Waals surface area (Å²) in [5.41, 5.74) is -0.834. The summed E-state index contributed by atoms with van der Waals surface area (Å²) >= 11 is 0. The molecule has 1 aliphatic heterocycles. The summed E-state index contributed by atoms with van der Waals surface area (Å²) in [5, 5.41) is 8.93. The van der Waals surface area contributed by atoms with E-state index in [0.717, 1.165) is 4.90 Å². The number of amides is 2. The lowest BCUT2D eigenvalue weighted by atomic mass is 9.92. The molecule has 0 saturated carbocycles. The summed E-state index contributed by atoms with van der Waals surface area (Å²) < 4.78 is 0. The molecule has 0 aromatic heterocycles. The number of carbonyl (C=O) groups is 3. The number of imide groups is 1. The molecule has 1 aliphatic rings. The second-order valence-corrected chi connectivity index (χ2v) is 4.39. The van der Waals surface area contributed by atoms with Gasteiger partial charge in [0.05, 0.1) is 5.41 Å². The minimum absolute atomic E-state index is 0.0280. The number of rotatable bonds is 3. The standard InChI is InChI=1S/C11H13NO4/c1-4-5-7(9(14)15)12-8(13)6-11(2,3)10(12)16/h1,7H,5-6H2,2-3H3,(H,14,15). The first-order chi connectivity index (χ1) is 7.31. The molecule has 1 rings (SSSR count). The van der Waals surface area contributed by atoms with E-state index < -0.39 is 29.2 Å². The molecule has 0 radical (unpaired) electrons. The highest BCUT2D eigenvalue weighted by atomic mass is 16.4. The monoisotopic (exact) mass is 223 g/mol. The summed E-state index contributed by atoms with van der Waals surface area (Å²) in [6.45, 7) is 3.23. The molecule has 0 bridgehead atoms. The SMILES string of the molecule is C#CCC(C(=O)O)N1C(=O)CC(C)(C)C1=O. The second kappa shape index (κ2) is 3.97. The highest BCUT2D eigenvalue weighted by molar-refractivity contribution is 6.08. The van der Waals surface area contributed by atoms with Crippen LogP contribution in [0.5, 0.6) is 0 Å². The average Bonchev–Trinajstić information content (AvgIpc) is 2.33. The molecule has 1 unspecified atom stereocenters. The normalized spacial score (nSPS) is 20.7. The fraction of sp³-hybridized carbons (Fsp3) is 0.545. The van der Waals surface area contributed by atoms with Gasteiger partial charge in [0, 0.05) is 12.8 Å². The molecule has 16 heavy (non-hydrogen) atoms. The van der Waals surface area contributed by atoms with E-state index in [9.17, 15) is 14.4 Å². The van der Waals surface area contributed by atoms with Crippen molar-refractivity contribution in [1.29, 1.82) is 0 Å². The highest BCUT2D eigenvalue weighted by Crippen LogP contribution is 2.33. The van der Waals surface area contributed by atoms with Crippen LogP contribution in [0.1, 0.15) is 26.7 Å². The van der Waals surface area contributed by atoms with E-state index in [1.807, 2.05) is 0 Å². The molecule has 5 heteroatoms. The number of terminal acetylenes is 1. The van der Waals surface area contributed by atoms with Gasteiger partial charge in [0.1, 0.15) is 6.04 Å². The van der Waals surface area contributed by atoms with Crippen LogP contribution in [-0.2, 0) is 14.4 Å². The van der Waals surface area contributed by atoms with Crippen LogP contribution in [0.3, 0.4) is 0 Å². The van der Waals surface area contributed by atoms with Crippen molar-refractivity contribution < 1.29 is 19.5 Å². The van der Waals surface area contributed by atoms with Gasteiger partial charge in [0.15, 0.2) is 0 Å².